The van der Waals surface area contributed by atoms with Crippen LogP contribution >= 0.6 is 11.6 Å². The minimum absolute atomic E-state index is 0.0217. The van der Waals surface area contributed by atoms with E-state index in [1.807, 2.05) is 47.4 Å². The number of amides is 1. The topological polar surface area (TPSA) is 58.6 Å². The van der Waals surface area contributed by atoms with Gasteiger partial charge in [-0.2, -0.15) is 0 Å². The number of rotatable bonds is 7. The van der Waals surface area contributed by atoms with E-state index in [0.29, 0.717) is 17.4 Å². The molecule has 2 aliphatic heterocycles. The van der Waals surface area contributed by atoms with E-state index in [1.165, 1.54) is 31.5 Å². The first-order valence-electron chi connectivity index (χ1n) is 12.0. The third kappa shape index (κ3) is 5.40. The van der Waals surface area contributed by atoms with Crippen molar-refractivity contribution in [1.82, 2.24) is 19.8 Å². The Morgan fingerprint density at radius 2 is 1.85 bits per heavy atom. The lowest BCUT2D eigenvalue weighted by Crippen LogP contribution is -2.34. The number of carbonyl (C=O) groups is 1. The van der Waals surface area contributed by atoms with Crippen LogP contribution in [0.25, 0.3) is 11.4 Å². The molecule has 2 fully saturated rings. The number of nitrogens with zero attached hydrogens (tertiary/aromatic N) is 4. The van der Waals surface area contributed by atoms with Crippen molar-refractivity contribution in [1.29, 1.82) is 0 Å². The molecular weight excluding hydrogens is 448 g/mol. The molecule has 1 atom stereocenters. The van der Waals surface area contributed by atoms with E-state index in [1.54, 1.807) is 6.20 Å². The molecule has 0 spiro atoms. The first-order valence-corrected chi connectivity index (χ1v) is 12.4. The lowest BCUT2D eigenvalue weighted by Gasteiger charge is -2.24. The van der Waals surface area contributed by atoms with Gasteiger partial charge in [-0.05, 0) is 74.7 Å². The monoisotopic (exact) mass is 476 g/mol. The van der Waals surface area contributed by atoms with E-state index >= 15 is 0 Å². The molecule has 176 valence electrons. The van der Waals surface area contributed by atoms with E-state index in [0.717, 1.165) is 36.4 Å². The van der Waals surface area contributed by atoms with Crippen molar-refractivity contribution in [2.24, 2.45) is 0 Å². The molecule has 6 nitrogen and oxygen atoms in total. The number of hydrogen-bond donors (Lipinski definition) is 0. The van der Waals surface area contributed by atoms with Gasteiger partial charge in [-0.25, -0.2) is 9.97 Å². The summed E-state index contributed by atoms with van der Waals surface area (Å²) < 4.78 is 5.84. The molecule has 0 bridgehead atoms. The summed E-state index contributed by atoms with van der Waals surface area (Å²) in [5.41, 5.74) is 2.99. The standard InChI is InChI=1S/C27H29ClN4O2/c28-22-6-3-5-21(17-22)27-29-13-12-24(30-27)25-7-4-16-32(25)26(33)19-34-23-10-8-20(9-11-23)18-31-14-1-2-15-31/h3,5-6,8-13,17,25H,1-2,4,7,14-16,18-19H2. The summed E-state index contributed by atoms with van der Waals surface area (Å²) in [6.07, 6.45) is 6.15. The fraction of sp³-hybridized carbons (Fsp3) is 0.370. The zero-order chi connectivity index (χ0) is 23.3. The fourth-order valence-corrected chi connectivity index (χ4v) is 5.01. The third-order valence-electron chi connectivity index (χ3n) is 6.57. The summed E-state index contributed by atoms with van der Waals surface area (Å²) in [7, 11) is 0. The fourth-order valence-electron chi connectivity index (χ4n) is 4.82. The molecule has 1 unspecified atom stereocenters. The number of benzene rings is 2. The molecule has 1 aromatic heterocycles. The zero-order valence-electron chi connectivity index (χ0n) is 19.2. The number of ether oxygens (including phenoxy) is 1. The van der Waals surface area contributed by atoms with Crippen LogP contribution in [-0.2, 0) is 11.3 Å². The predicted octanol–water partition coefficient (Wildman–Crippen LogP) is 5.14. The van der Waals surface area contributed by atoms with Gasteiger partial charge in [0.25, 0.3) is 5.91 Å². The average Bonchev–Trinajstić information content (AvgIpc) is 3.56. The number of halogens is 1. The van der Waals surface area contributed by atoms with Crippen molar-refractivity contribution in [3.8, 4) is 17.1 Å². The lowest BCUT2D eigenvalue weighted by atomic mass is 10.1. The summed E-state index contributed by atoms with van der Waals surface area (Å²) in [6, 6.07) is 17.4. The third-order valence-corrected chi connectivity index (χ3v) is 6.80. The Morgan fingerprint density at radius 3 is 2.65 bits per heavy atom. The Kier molecular flexibility index (Phi) is 7.07. The van der Waals surface area contributed by atoms with Crippen LogP contribution in [0.3, 0.4) is 0 Å². The van der Waals surface area contributed by atoms with Gasteiger partial charge in [0.05, 0.1) is 11.7 Å². The van der Waals surface area contributed by atoms with Gasteiger partial charge < -0.3 is 9.64 Å². The maximum atomic E-state index is 13.0. The second kappa shape index (κ2) is 10.5. The first-order chi connectivity index (χ1) is 16.7. The highest BCUT2D eigenvalue weighted by molar-refractivity contribution is 6.30. The molecule has 0 saturated carbocycles. The Hall–Kier alpha value is -2.96. The summed E-state index contributed by atoms with van der Waals surface area (Å²) in [4.78, 5) is 26.5. The van der Waals surface area contributed by atoms with Crippen LogP contribution in [-0.4, -0.2) is 51.9 Å². The van der Waals surface area contributed by atoms with Crippen LogP contribution in [0.1, 0.15) is 43.0 Å². The Labute approximate surface area is 205 Å². The molecule has 0 N–H and O–H groups in total. The molecule has 7 heteroatoms. The van der Waals surface area contributed by atoms with Crippen molar-refractivity contribution in [2.75, 3.05) is 26.2 Å². The maximum absolute atomic E-state index is 13.0. The summed E-state index contributed by atoms with van der Waals surface area (Å²) in [5, 5.41) is 0.644. The van der Waals surface area contributed by atoms with Crippen LogP contribution in [0.2, 0.25) is 5.02 Å². The number of carbonyl (C=O) groups excluding carboxylic acids is 1. The number of likely N-dealkylation sites (tertiary alicyclic amines) is 2. The van der Waals surface area contributed by atoms with Crippen molar-refractivity contribution < 1.29 is 9.53 Å². The SMILES string of the molecule is O=C(COc1ccc(CN2CCCC2)cc1)N1CCCC1c1ccnc(-c2cccc(Cl)c2)n1. The minimum atomic E-state index is -0.0696. The second-order valence-corrected chi connectivity index (χ2v) is 9.41. The molecule has 1 amide bonds. The molecule has 0 radical (unpaired) electrons. The van der Waals surface area contributed by atoms with E-state index in [-0.39, 0.29) is 18.6 Å². The number of hydrogen-bond acceptors (Lipinski definition) is 5. The van der Waals surface area contributed by atoms with Crippen molar-refractivity contribution in [3.63, 3.8) is 0 Å². The quantitative estimate of drug-likeness (QED) is 0.472. The highest BCUT2D eigenvalue weighted by Crippen LogP contribution is 2.32. The maximum Gasteiger partial charge on any atom is 0.261 e. The molecule has 3 aromatic rings. The van der Waals surface area contributed by atoms with E-state index in [2.05, 4.69) is 22.0 Å². The predicted molar refractivity (Wildman–Crippen MR) is 133 cm³/mol. The van der Waals surface area contributed by atoms with Gasteiger partial charge in [0.1, 0.15) is 5.75 Å². The van der Waals surface area contributed by atoms with Gasteiger partial charge in [0.2, 0.25) is 0 Å². The molecule has 34 heavy (non-hydrogen) atoms. The van der Waals surface area contributed by atoms with Gasteiger partial charge in [-0.3, -0.25) is 9.69 Å². The zero-order valence-corrected chi connectivity index (χ0v) is 20.0. The second-order valence-electron chi connectivity index (χ2n) is 8.98. The van der Waals surface area contributed by atoms with Crippen molar-refractivity contribution in [2.45, 2.75) is 38.3 Å². The molecule has 5 rings (SSSR count). The van der Waals surface area contributed by atoms with Crippen LogP contribution in [0.5, 0.6) is 5.75 Å². The highest BCUT2D eigenvalue weighted by atomic mass is 35.5. The Morgan fingerprint density at radius 1 is 1.03 bits per heavy atom. The van der Waals surface area contributed by atoms with Crippen LogP contribution in [0.4, 0.5) is 0 Å². The van der Waals surface area contributed by atoms with E-state index < -0.39 is 0 Å². The van der Waals surface area contributed by atoms with Gasteiger partial charge in [-0.1, -0.05) is 35.9 Å². The normalized spacial score (nSPS) is 18.4. The molecule has 2 saturated heterocycles. The van der Waals surface area contributed by atoms with E-state index in [9.17, 15) is 4.79 Å². The lowest BCUT2D eigenvalue weighted by molar-refractivity contribution is -0.134. The van der Waals surface area contributed by atoms with Gasteiger partial charge >= 0.3 is 0 Å². The van der Waals surface area contributed by atoms with Gasteiger partial charge in [0, 0.05) is 29.9 Å². The summed E-state index contributed by atoms with van der Waals surface area (Å²) in [5.74, 6) is 1.32. The largest absolute Gasteiger partial charge is 0.484 e. The van der Waals surface area contributed by atoms with Crippen LogP contribution < -0.4 is 4.74 Å². The smallest absolute Gasteiger partial charge is 0.261 e. The Balaban J connectivity index is 1.21. The van der Waals surface area contributed by atoms with E-state index in [4.69, 9.17) is 21.3 Å². The Bertz CT molecular complexity index is 1130. The van der Waals surface area contributed by atoms with Crippen LogP contribution in [0, 0.1) is 0 Å². The van der Waals surface area contributed by atoms with Crippen molar-refractivity contribution >= 4 is 17.5 Å². The molecule has 3 heterocycles. The van der Waals surface area contributed by atoms with Crippen LogP contribution in [0.15, 0.2) is 60.8 Å². The van der Waals surface area contributed by atoms with Gasteiger partial charge in [0.15, 0.2) is 12.4 Å². The van der Waals surface area contributed by atoms with Crippen molar-refractivity contribution in [3.05, 3.63) is 77.1 Å². The summed E-state index contributed by atoms with van der Waals surface area (Å²) in [6.45, 7) is 4.06. The molecular formula is C27H29ClN4O2. The highest BCUT2D eigenvalue weighted by Gasteiger charge is 2.31. The number of aromatic nitrogens is 2. The first kappa shape index (κ1) is 22.8. The summed E-state index contributed by atoms with van der Waals surface area (Å²) >= 11 is 6.13. The molecule has 2 aromatic carbocycles. The molecule has 0 aliphatic carbocycles. The van der Waals surface area contributed by atoms with Gasteiger partial charge in [-0.15, -0.1) is 0 Å². The minimum Gasteiger partial charge on any atom is -0.484 e. The average molecular weight is 477 g/mol. The molecule has 2 aliphatic rings.